The Morgan fingerprint density at radius 1 is 0.495 bits per heavy atom. The molecule has 0 rings (SSSR count). The van der Waals surface area contributed by atoms with E-state index < -0.39 is 149 Å². The molecule has 0 aromatic carbocycles. The summed E-state index contributed by atoms with van der Waals surface area (Å²) in [6.45, 7) is 35.0. The van der Waals surface area contributed by atoms with Crippen LogP contribution in [-0.2, 0) is 76.5 Å². The third kappa shape index (κ3) is 29.1. The number of hydrogen-bond acceptors (Lipinski definition) is 17. The number of nitrogens with zero attached hydrogens (tertiary/aromatic N) is 6. The fourth-order valence-corrected chi connectivity index (χ4v) is 12.5. The second-order valence-electron chi connectivity index (χ2n) is 29.8. The van der Waals surface area contributed by atoms with Crippen LogP contribution in [0.3, 0.4) is 0 Å². The number of hydrogen-bond donors (Lipinski definition) is 3. The van der Waals surface area contributed by atoms with E-state index in [9.17, 15) is 47.9 Å². The zero-order valence-corrected chi connectivity index (χ0v) is 65.7. The molecule has 0 aliphatic carbocycles. The summed E-state index contributed by atoms with van der Waals surface area (Å²) in [6, 6.07) is -8.90. The minimum absolute atomic E-state index is 0.0362. The second-order valence-corrected chi connectivity index (χ2v) is 29.8. The molecule has 0 spiro atoms. The van der Waals surface area contributed by atoms with Crippen molar-refractivity contribution in [3.8, 4) is 0 Å². The van der Waals surface area contributed by atoms with E-state index in [2.05, 4.69) is 16.0 Å². The first-order valence-corrected chi connectivity index (χ1v) is 35.7. The molecule has 3 N–H and O–H groups in total. The van der Waals surface area contributed by atoms with E-state index in [4.69, 9.17) is 14.2 Å². The highest BCUT2D eigenvalue weighted by atomic mass is 16.5. The Morgan fingerprint density at radius 3 is 1.41 bits per heavy atom. The normalized spacial score (nSPS) is 16.1. The van der Waals surface area contributed by atoms with Crippen molar-refractivity contribution in [1.29, 1.82) is 0 Å². The van der Waals surface area contributed by atoms with Crippen molar-refractivity contribution in [1.82, 2.24) is 45.3 Å². The standard InChI is InChI=1S/C74H131N9O16/c1-29-31-32-48(15)66(99-53(20)85)65(68(90)76-55(30-2)74(96)98-34-33-78(22)52(19)84)83(27)73(95)64(47(13)14)82(26)71(93)58(37-44(7)8)81(25)70(92)57(36-43(5)6)80(24)69(91)50(17)39-59(86)49(16)38-60(87)56(35-42(3)4)79(23)72(94)63(46(11)12)77-67(89)54(51(18)41-97-28)40-61(88)62(75-21)45(9)10/h29,31,42-51,54-58,62-66,75H,30,32-41H2,1-28H3,(H,76,90)(H,77,89)/b31-29+/t48-,49-,50+,51-,54+,55+,56+,57+,58+,62-,63+,64+,65+,66-/m1/s1. The summed E-state index contributed by atoms with van der Waals surface area (Å²) in [5.74, 6) is -12.1. The maximum atomic E-state index is 15.3. The second kappa shape index (κ2) is 44.6. The minimum atomic E-state index is -1.55. The zero-order valence-electron chi connectivity index (χ0n) is 65.7. The van der Waals surface area contributed by atoms with Crippen molar-refractivity contribution in [3.05, 3.63) is 12.2 Å². The number of ether oxygens (including phenoxy) is 3. The summed E-state index contributed by atoms with van der Waals surface area (Å²) in [7, 11) is 12.0. The monoisotopic (exact) mass is 1400 g/mol. The summed E-state index contributed by atoms with van der Waals surface area (Å²) in [5, 5.41) is 8.69. The van der Waals surface area contributed by atoms with Gasteiger partial charge in [0.2, 0.25) is 47.3 Å². The molecule has 25 nitrogen and oxygen atoms in total. The van der Waals surface area contributed by atoms with Gasteiger partial charge in [-0.3, -0.25) is 57.5 Å². The van der Waals surface area contributed by atoms with Crippen LogP contribution >= 0.6 is 0 Å². The molecule has 0 aliphatic rings. The maximum absolute atomic E-state index is 15.3. The van der Waals surface area contributed by atoms with Gasteiger partial charge in [0, 0.05) is 107 Å². The van der Waals surface area contributed by atoms with Crippen LogP contribution in [-0.4, -0.2) is 237 Å². The van der Waals surface area contributed by atoms with Gasteiger partial charge < -0.3 is 59.6 Å². The van der Waals surface area contributed by atoms with Crippen LogP contribution in [0, 0.1) is 65.1 Å². The summed E-state index contributed by atoms with van der Waals surface area (Å²) in [5.41, 5.74) is 0. The molecule has 0 heterocycles. The number of allylic oxidation sites excluding steroid dienone is 2. The molecule has 14 atom stereocenters. The van der Waals surface area contributed by atoms with Gasteiger partial charge in [0.25, 0.3) is 0 Å². The molecule has 0 unspecified atom stereocenters. The highest BCUT2D eigenvalue weighted by molar-refractivity contribution is 5.99. The molecule has 0 bridgehead atoms. The van der Waals surface area contributed by atoms with Gasteiger partial charge >= 0.3 is 11.9 Å². The number of rotatable bonds is 46. The first kappa shape index (κ1) is 92.4. The number of amides is 8. The van der Waals surface area contributed by atoms with Gasteiger partial charge in [-0.15, -0.1) is 0 Å². The number of carbonyl (C=O) groups is 13. The SMILES string of the molecule is C/C=C/C[C@@H](C)[C@@H](OC(C)=O)[C@@H](C(=O)N[C@@H](CC)C(=O)OCCN(C)C(C)=O)N(C)C(=O)[C@H](C(C)C)N(C)C(=O)[C@H](CC(C)C)N(C)C(=O)[C@H](CC(C)C)N(C)C(=O)[C@@H](C)CC(=O)[C@H](C)CC(=O)[C@H](CC(C)C)N(C)C(=O)[C@@H](NC(=O)[C@@H](CC(=O)[C@H](NC)C(C)C)[C@H](C)COC)C(C)C. The number of carbonyl (C=O) groups excluding carboxylic acids is 13. The van der Waals surface area contributed by atoms with Gasteiger partial charge in [-0.25, -0.2) is 4.79 Å². The molecule has 0 saturated heterocycles. The molecule has 99 heavy (non-hydrogen) atoms. The van der Waals surface area contributed by atoms with Crippen LogP contribution < -0.4 is 16.0 Å². The average Bonchev–Trinajstić information content (AvgIpc) is 0.799. The Kier molecular flexibility index (Phi) is 41.6. The number of ketones is 3. The fourth-order valence-electron chi connectivity index (χ4n) is 12.5. The Balaban J connectivity index is 7.17. The third-order valence-electron chi connectivity index (χ3n) is 18.7. The minimum Gasteiger partial charge on any atom is -0.462 e. The van der Waals surface area contributed by atoms with Gasteiger partial charge in [0.15, 0.2) is 11.6 Å². The molecule has 0 fully saturated rings. The summed E-state index contributed by atoms with van der Waals surface area (Å²) >= 11 is 0. The average molecular weight is 1400 g/mol. The third-order valence-corrected chi connectivity index (χ3v) is 18.7. The molecule has 0 saturated carbocycles. The Hall–Kier alpha value is -6.63. The number of Topliss-reactive ketones (excluding diaryl/α,β-unsaturated/α-hetero) is 3. The van der Waals surface area contributed by atoms with E-state index in [1.54, 1.807) is 82.5 Å². The van der Waals surface area contributed by atoms with E-state index in [0.29, 0.717) is 6.42 Å². The lowest BCUT2D eigenvalue weighted by Crippen LogP contribution is -2.63. The van der Waals surface area contributed by atoms with E-state index >= 15 is 14.4 Å². The van der Waals surface area contributed by atoms with Crippen LogP contribution in [0.15, 0.2) is 12.2 Å². The van der Waals surface area contributed by atoms with Crippen LogP contribution in [0.5, 0.6) is 0 Å². The lowest BCUT2D eigenvalue weighted by Gasteiger charge is -2.42. The highest BCUT2D eigenvalue weighted by Gasteiger charge is 2.47. The van der Waals surface area contributed by atoms with Crippen LogP contribution in [0.1, 0.15) is 190 Å². The fraction of sp³-hybridized carbons (Fsp3) is 0.797. The first-order valence-electron chi connectivity index (χ1n) is 35.7. The van der Waals surface area contributed by atoms with Crippen LogP contribution in [0.2, 0.25) is 0 Å². The summed E-state index contributed by atoms with van der Waals surface area (Å²) in [6.07, 6.45) is 2.64. The molecule has 0 aliphatic heterocycles. The highest BCUT2D eigenvalue weighted by Crippen LogP contribution is 2.29. The Labute approximate surface area is 593 Å². The summed E-state index contributed by atoms with van der Waals surface area (Å²) in [4.78, 5) is 192. The predicted molar refractivity (Wildman–Crippen MR) is 383 cm³/mol. The van der Waals surface area contributed by atoms with Crippen molar-refractivity contribution in [2.45, 2.75) is 244 Å². The van der Waals surface area contributed by atoms with Gasteiger partial charge in [0.05, 0.1) is 18.6 Å². The van der Waals surface area contributed by atoms with Gasteiger partial charge in [-0.05, 0) is 93.4 Å². The lowest BCUT2D eigenvalue weighted by molar-refractivity contribution is -0.164. The quantitative estimate of drug-likeness (QED) is 0.0417. The molecule has 0 radical (unpaired) electrons. The molecule has 0 aromatic heterocycles. The number of methoxy groups -OCH3 is 1. The first-order chi connectivity index (χ1) is 45.8. The maximum Gasteiger partial charge on any atom is 0.328 e. The zero-order chi connectivity index (χ0) is 77.0. The van der Waals surface area contributed by atoms with E-state index in [1.807, 2.05) is 68.4 Å². The number of likely N-dealkylation sites (N-methyl/N-ethyl adjacent to an activating group) is 7. The molecular formula is C74H131N9O16. The van der Waals surface area contributed by atoms with Crippen molar-refractivity contribution in [2.75, 3.05) is 76.2 Å². The van der Waals surface area contributed by atoms with Crippen molar-refractivity contribution in [3.63, 3.8) is 0 Å². The molecular weight excluding hydrogens is 1270 g/mol. The van der Waals surface area contributed by atoms with E-state index in [1.165, 1.54) is 80.7 Å². The van der Waals surface area contributed by atoms with Crippen molar-refractivity contribution in [2.24, 2.45) is 65.1 Å². The lowest BCUT2D eigenvalue weighted by atomic mass is 9.84. The molecule has 568 valence electrons. The van der Waals surface area contributed by atoms with Crippen molar-refractivity contribution >= 4 is 76.5 Å². The van der Waals surface area contributed by atoms with E-state index in [0.717, 1.165) is 4.90 Å². The van der Waals surface area contributed by atoms with Gasteiger partial charge in [-0.1, -0.05) is 130 Å². The Bertz CT molecular complexity index is 2700. The van der Waals surface area contributed by atoms with Crippen LogP contribution in [0.25, 0.3) is 0 Å². The van der Waals surface area contributed by atoms with Gasteiger partial charge in [-0.2, -0.15) is 0 Å². The molecule has 8 amide bonds. The van der Waals surface area contributed by atoms with Crippen molar-refractivity contribution < 1.29 is 76.5 Å². The predicted octanol–water partition coefficient (Wildman–Crippen LogP) is 6.80. The van der Waals surface area contributed by atoms with E-state index in [-0.39, 0.29) is 112 Å². The largest absolute Gasteiger partial charge is 0.462 e. The Morgan fingerprint density at radius 2 is 0.970 bits per heavy atom. The summed E-state index contributed by atoms with van der Waals surface area (Å²) < 4.78 is 16.7. The van der Waals surface area contributed by atoms with Crippen LogP contribution in [0.4, 0.5) is 0 Å². The topological polar surface area (TPSA) is 305 Å². The van der Waals surface area contributed by atoms with Gasteiger partial charge in [0.1, 0.15) is 54.7 Å². The number of esters is 2. The number of nitrogens with one attached hydrogen (secondary N) is 3. The smallest absolute Gasteiger partial charge is 0.328 e. The molecule has 25 heteroatoms. The molecule has 0 aromatic rings.